The molecule has 0 radical (unpaired) electrons. The van der Waals surface area contributed by atoms with Crippen molar-refractivity contribution in [1.29, 1.82) is 0 Å². The van der Waals surface area contributed by atoms with Crippen molar-refractivity contribution in [3.63, 3.8) is 0 Å². The lowest BCUT2D eigenvalue weighted by Crippen LogP contribution is -2.39. The van der Waals surface area contributed by atoms with Crippen molar-refractivity contribution in [2.24, 2.45) is 0 Å². The normalized spacial score (nSPS) is 17.5. The van der Waals surface area contributed by atoms with Crippen LogP contribution in [0.4, 0.5) is 0 Å². The van der Waals surface area contributed by atoms with E-state index in [-0.39, 0.29) is 17.7 Å². The fourth-order valence-electron chi connectivity index (χ4n) is 2.45. The van der Waals surface area contributed by atoms with Gasteiger partial charge >= 0.3 is 5.97 Å². The number of ether oxygens (including phenoxy) is 2. The summed E-state index contributed by atoms with van der Waals surface area (Å²) in [5.74, 6) is -0.179. The number of furan rings is 1. The van der Waals surface area contributed by atoms with Gasteiger partial charge in [-0.05, 0) is 25.1 Å². The lowest BCUT2D eigenvalue weighted by Gasteiger charge is -2.27. The van der Waals surface area contributed by atoms with Crippen LogP contribution in [0.25, 0.3) is 0 Å². The number of para-hydroxylation sites is 1. The minimum Gasteiger partial charge on any atom is -0.493 e. The summed E-state index contributed by atoms with van der Waals surface area (Å²) in [6.07, 6.45) is 1.13. The summed E-state index contributed by atoms with van der Waals surface area (Å²) in [4.78, 5) is 24.1. The highest BCUT2D eigenvalue weighted by Gasteiger charge is 2.26. The molecule has 23 heavy (non-hydrogen) atoms. The molecule has 0 saturated carbocycles. The van der Waals surface area contributed by atoms with Crippen LogP contribution in [-0.2, 0) is 9.53 Å². The lowest BCUT2D eigenvalue weighted by molar-refractivity contribution is -0.130. The van der Waals surface area contributed by atoms with Crippen LogP contribution in [0.2, 0.25) is 0 Å². The molecule has 1 aliphatic heterocycles. The first-order chi connectivity index (χ1) is 11.1. The molecular weight excluding hydrogens is 298 g/mol. The molecule has 2 aromatic rings. The summed E-state index contributed by atoms with van der Waals surface area (Å²) in [5, 5.41) is 2.90. The van der Waals surface area contributed by atoms with Gasteiger partial charge in [-0.3, -0.25) is 4.79 Å². The molecule has 0 unspecified atom stereocenters. The van der Waals surface area contributed by atoms with Crippen molar-refractivity contribution >= 4 is 11.9 Å². The van der Waals surface area contributed by atoms with E-state index in [1.165, 1.54) is 19.3 Å². The largest absolute Gasteiger partial charge is 0.493 e. The SMILES string of the molecule is C[C@H](OC(=O)c1ccco1)C(=O)N[C@H]1CCOc2ccccc21. The van der Waals surface area contributed by atoms with E-state index in [0.717, 1.165) is 11.3 Å². The van der Waals surface area contributed by atoms with Gasteiger partial charge in [0.2, 0.25) is 5.76 Å². The highest BCUT2D eigenvalue weighted by molar-refractivity contribution is 5.90. The van der Waals surface area contributed by atoms with Crippen molar-refractivity contribution in [2.75, 3.05) is 6.61 Å². The molecule has 6 nitrogen and oxygen atoms in total. The fourth-order valence-corrected chi connectivity index (χ4v) is 2.45. The van der Waals surface area contributed by atoms with E-state index < -0.39 is 12.1 Å². The smallest absolute Gasteiger partial charge is 0.374 e. The van der Waals surface area contributed by atoms with E-state index in [1.807, 2.05) is 24.3 Å². The highest BCUT2D eigenvalue weighted by Crippen LogP contribution is 2.31. The minimum atomic E-state index is -0.914. The Morgan fingerprint density at radius 1 is 1.26 bits per heavy atom. The molecule has 1 aromatic heterocycles. The Kier molecular flexibility index (Phi) is 4.32. The van der Waals surface area contributed by atoms with Crippen molar-refractivity contribution in [1.82, 2.24) is 5.32 Å². The predicted octanol–water partition coefficient (Wildman–Crippen LogP) is 2.46. The summed E-state index contributed by atoms with van der Waals surface area (Å²) >= 11 is 0. The molecule has 2 heterocycles. The average molecular weight is 315 g/mol. The molecule has 1 N–H and O–H groups in total. The third-order valence-electron chi connectivity index (χ3n) is 3.65. The number of esters is 1. The molecule has 1 aliphatic rings. The summed E-state index contributed by atoms with van der Waals surface area (Å²) in [5.41, 5.74) is 0.927. The summed E-state index contributed by atoms with van der Waals surface area (Å²) in [6, 6.07) is 10.5. The first-order valence-electron chi connectivity index (χ1n) is 7.42. The van der Waals surface area contributed by atoms with Crippen LogP contribution < -0.4 is 10.1 Å². The number of benzene rings is 1. The standard InChI is InChI=1S/C17H17NO5/c1-11(23-17(20)15-7-4-9-21-15)16(19)18-13-8-10-22-14-6-3-2-5-12(13)14/h2-7,9,11,13H,8,10H2,1H3,(H,18,19)/t11-,13-/m0/s1. The van der Waals surface area contributed by atoms with E-state index in [1.54, 1.807) is 6.07 Å². The predicted molar refractivity (Wildman–Crippen MR) is 81.0 cm³/mol. The van der Waals surface area contributed by atoms with Crippen LogP contribution in [0.15, 0.2) is 47.1 Å². The Labute approximate surface area is 133 Å². The van der Waals surface area contributed by atoms with Gasteiger partial charge in [0.1, 0.15) is 5.75 Å². The fraction of sp³-hybridized carbons (Fsp3) is 0.294. The van der Waals surface area contributed by atoms with Gasteiger partial charge in [0.15, 0.2) is 6.10 Å². The summed E-state index contributed by atoms with van der Waals surface area (Å²) in [6.45, 7) is 2.06. The Bertz CT molecular complexity index is 695. The number of fused-ring (bicyclic) bond motifs is 1. The van der Waals surface area contributed by atoms with E-state index in [4.69, 9.17) is 13.9 Å². The van der Waals surface area contributed by atoms with Gasteiger partial charge in [-0.25, -0.2) is 4.79 Å². The summed E-state index contributed by atoms with van der Waals surface area (Å²) < 4.78 is 15.6. The first kappa shape index (κ1) is 15.1. The second-order valence-corrected chi connectivity index (χ2v) is 5.26. The monoisotopic (exact) mass is 315 g/mol. The van der Waals surface area contributed by atoms with Crippen LogP contribution in [0.3, 0.4) is 0 Å². The molecule has 120 valence electrons. The van der Waals surface area contributed by atoms with Gasteiger partial charge in [0.25, 0.3) is 5.91 Å². The molecular formula is C17H17NO5. The zero-order valence-electron chi connectivity index (χ0n) is 12.7. The van der Waals surface area contributed by atoms with Crippen LogP contribution in [-0.4, -0.2) is 24.6 Å². The third-order valence-corrected chi connectivity index (χ3v) is 3.65. The van der Waals surface area contributed by atoms with Gasteiger partial charge in [0.05, 0.1) is 18.9 Å². The van der Waals surface area contributed by atoms with Gasteiger partial charge in [0, 0.05) is 12.0 Å². The Morgan fingerprint density at radius 3 is 2.87 bits per heavy atom. The topological polar surface area (TPSA) is 77.8 Å². The van der Waals surface area contributed by atoms with Crippen LogP contribution in [0.5, 0.6) is 5.75 Å². The molecule has 0 bridgehead atoms. The Hall–Kier alpha value is -2.76. The highest BCUT2D eigenvalue weighted by atomic mass is 16.6. The molecule has 3 rings (SSSR count). The average Bonchev–Trinajstić information content (AvgIpc) is 3.09. The first-order valence-corrected chi connectivity index (χ1v) is 7.42. The van der Waals surface area contributed by atoms with Crippen LogP contribution >= 0.6 is 0 Å². The van der Waals surface area contributed by atoms with Gasteiger partial charge in [-0.2, -0.15) is 0 Å². The molecule has 0 spiro atoms. The number of amides is 1. The zero-order valence-corrected chi connectivity index (χ0v) is 12.7. The Morgan fingerprint density at radius 2 is 2.09 bits per heavy atom. The maximum atomic E-state index is 12.3. The van der Waals surface area contributed by atoms with Gasteiger partial charge in [-0.1, -0.05) is 18.2 Å². The van der Waals surface area contributed by atoms with E-state index in [2.05, 4.69) is 5.32 Å². The number of nitrogens with one attached hydrogen (secondary N) is 1. The number of hydrogen-bond acceptors (Lipinski definition) is 5. The van der Waals surface area contributed by atoms with Gasteiger partial charge in [-0.15, -0.1) is 0 Å². The maximum absolute atomic E-state index is 12.3. The second-order valence-electron chi connectivity index (χ2n) is 5.26. The van der Waals surface area contributed by atoms with Crippen LogP contribution in [0.1, 0.15) is 35.5 Å². The molecule has 0 aliphatic carbocycles. The minimum absolute atomic E-state index is 0.0704. The van der Waals surface area contributed by atoms with E-state index >= 15 is 0 Å². The van der Waals surface area contributed by atoms with E-state index in [0.29, 0.717) is 13.0 Å². The number of carbonyl (C=O) groups excluding carboxylic acids is 2. The Balaban J connectivity index is 1.62. The van der Waals surface area contributed by atoms with Crippen LogP contribution in [0, 0.1) is 0 Å². The van der Waals surface area contributed by atoms with Crippen molar-refractivity contribution in [2.45, 2.75) is 25.5 Å². The third kappa shape index (κ3) is 3.36. The number of carbonyl (C=O) groups is 2. The van der Waals surface area contributed by atoms with E-state index in [9.17, 15) is 9.59 Å². The molecule has 1 aromatic carbocycles. The number of hydrogen-bond donors (Lipinski definition) is 1. The molecule has 6 heteroatoms. The molecule has 1 amide bonds. The molecule has 2 atom stereocenters. The van der Waals surface area contributed by atoms with Gasteiger partial charge < -0.3 is 19.2 Å². The quantitative estimate of drug-likeness (QED) is 0.877. The zero-order chi connectivity index (χ0) is 16.2. The maximum Gasteiger partial charge on any atom is 0.374 e. The van der Waals surface area contributed by atoms with Crippen molar-refractivity contribution in [3.05, 3.63) is 54.0 Å². The van der Waals surface area contributed by atoms with Crippen molar-refractivity contribution < 1.29 is 23.5 Å². The molecule has 0 saturated heterocycles. The summed E-state index contributed by atoms with van der Waals surface area (Å²) in [7, 11) is 0. The lowest BCUT2D eigenvalue weighted by atomic mass is 10.0. The van der Waals surface area contributed by atoms with Crippen molar-refractivity contribution in [3.8, 4) is 5.75 Å². The molecule has 0 fully saturated rings. The second kappa shape index (κ2) is 6.56. The number of rotatable bonds is 4.